The number of rotatable bonds is 3. The highest BCUT2D eigenvalue weighted by atomic mass is 16.4. The largest absolute Gasteiger partial charge is 0.506 e. The van der Waals surface area contributed by atoms with Crippen LogP contribution in [-0.4, -0.2) is 21.2 Å². The molecule has 0 radical (unpaired) electrons. The summed E-state index contributed by atoms with van der Waals surface area (Å²) < 4.78 is 0. The molecule has 0 spiro atoms. The molecule has 2 aromatic rings. The first-order valence-corrected chi connectivity index (χ1v) is 5.71. The Morgan fingerprint density at radius 1 is 1.33 bits per heavy atom. The van der Waals surface area contributed by atoms with E-state index < -0.39 is 11.4 Å². The van der Waals surface area contributed by atoms with Gasteiger partial charge in [-0.3, -0.25) is 9.78 Å². The second-order valence-electron chi connectivity index (χ2n) is 4.99. The molecule has 1 aromatic heterocycles. The Morgan fingerprint density at radius 3 is 2.72 bits per heavy atom. The van der Waals surface area contributed by atoms with Crippen molar-refractivity contribution in [2.75, 3.05) is 0 Å². The van der Waals surface area contributed by atoms with E-state index in [1.165, 1.54) is 0 Å². The first kappa shape index (κ1) is 12.4. The zero-order chi connectivity index (χ0) is 13.3. The average molecular weight is 245 g/mol. The fourth-order valence-corrected chi connectivity index (χ4v) is 2.22. The summed E-state index contributed by atoms with van der Waals surface area (Å²) in [6.45, 7) is 3.75. The molecule has 0 atom stereocenters. The molecule has 94 valence electrons. The van der Waals surface area contributed by atoms with Crippen molar-refractivity contribution in [2.24, 2.45) is 0 Å². The fourth-order valence-electron chi connectivity index (χ4n) is 2.22. The van der Waals surface area contributed by atoms with Crippen LogP contribution in [0, 0.1) is 0 Å². The third-order valence-corrected chi connectivity index (χ3v) is 3.07. The van der Waals surface area contributed by atoms with E-state index in [1.807, 2.05) is 19.9 Å². The van der Waals surface area contributed by atoms with Gasteiger partial charge in [0, 0.05) is 17.0 Å². The SMILES string of the molecule is CC(C)(CC(=O)O)c1ccc(O)c2ncccc12. The third kappa shape index (κ3) is 2.14. The van der Waals surface area contributed by atoms with E-state index in [4.69, 9.17) is 5.11 Å². The smallest absolute Gasteiger partial charge is 0.304 e. The lowest BCUT2D eigenvalue weighted by molar-refractivity contribution is -0.138. The summed E-state index contributed by atoms with van der Waals surface area (Å²) in [6.07, 6.45) is 1.64. The molecule has 0 saturated carbocycles. The van der Waals surface area contributed by atoms with Gasteiger partial charge in [0.1, 0.15) is 11.3 Å². The highest BCUT2D eigenvalue weighted by Gasteiger charge is 2.26. The highest BCUT2D eigenvalue weighted by Crippen LogP contribution is 2.35. The number of carboxylic acid groups (broad SMARTS) is 1. The number of hydrogen-bond acceptors (Lipinski definition) is 3. The third-order valence-electron chi connectivity index (χ3n) is 3.07. The second-order valence-corrected chi connectivity index (χ2v) is 4.99. The molecule has 0 bridgehead atoms. The van der Waals surface area contributed by atoms with E-state index in [2.05, 4.69) is 4.98 Å². The van der Waals surface area contributed by atoms with Gasteiger partial charge in [0.05, 0.1) is 6.42 Å². The van der Waals surface area contributed by atoms with E-state index in [-0.39, 0.29) is 12.2 Å². The van der Waals surface area contributed by atoms with Crippen LogP contribution in [-0.2, 0) is 10.2 Å². The maximum absolute atomic E-state index is 10.9. The zero-order valence-corrected chi connectivity index (χ0v) is 10.3. The molecule has 0 saturated heterocycles. The summed E-state index contributed by atoms with van der Waals surface area (Å²) in [5, 5.41) is 19.5. The molecular weight excluding hydrogens is 230 g/mol. The summed E-state index contributed by atoms with van der Waals surface area (Å²) >= 11 is 0. The quantitative estimate of drug-likeness (QED) is 0.872. The van der Waals surface area contributed by atoms with Crippen LogP contribution < -0.4 is 0 Å². The Morgan fingerprint density at radius 2 is 2.06 bits per heavy atom. The minimum Gasteiger partial charge on any atom is -0.506 e. The van der Waals surface area contributed by atoms with Crippen molar-refractivity contribution in [1.82, 2.24) is 4.98 Å². The van der Waals surface area contributed by atoms with E-state index in [0.717, 1.165) is 10.9 Å². The van der Waals surface area contributed by atoms with Gasteiger partial charge >= 0.3 is 5.97 Å². The zero-order valence-electron chi connectivity index (χ0n) is 10.3. The number of aromatic nitrogens is 1. The monoisotopic (exact) mass is 245 g/mol. The van der Waals surface area contributed by atoms with Crippen molar-refractivity contribution in [1.29, 1.82) is 0 Å². The molecule has 18 heavy (non-hydrogen) atoms. The van der Waals surface area contributed by atoms with Gasteiger partial charge in [0.25, 0.3) is 0 Å². The number of aliphatic carboxylic acids is 1. The van der Waals surface area contributed by atoms with Gasteiger partial charge in [-0.25, -0.2) is 0 Å². The minimum absolute atomic E-state index is 0.0295. The van der Waals surface area contributed by atoms with Gasteiger partial charge in [-0.05, 0) is 17.7 Å². The average Bonchev–Trinajstić information content (AvgIpc) is 2.27. The normalized spacial score (nSPS) is 11.7. The van der Waals surface area contributed by atoms with E-state index in [1.54, 1.807) is 24.4 Å². The topological polar surface area (TPSA) is 70.4 Å². The van der Waals surface area contributed by atoms with E-state index in [0.29, 0.717) is 5.52 Å². The number of carboxylic acids is 1. The molecule has 0 aliphatic carbocycles. The number of fused-ring (bicyclic) bond motifs is 1. The van der Waals surface area contributed by atoms with Crippen LogP contribution in [0.15, 0.2) is 30.5 Å². The maximum Gasteiger partial charge on any atom is 0.304 e. The Bertz CT molecular complexity index is 605. The Balaban J connectivity index is 2.65. The van der Waals surface area contributed by atoms with Crippen LogP contribution in [0.5, 0.6) is 5.75 Å². The van der Waals surface area contributed by atoms with E-state index >= 15 is 0 Å². The fraction of sp³-hybridized carbons (Fsp3) is 0.286. The summed E-state index contributed by atoms with van der Waals surface area (Å²) in [4.78, 5) is 15.1. The van der Waals surface area contributed by atoms with Gasteiger partial charge in [0.2, 0.25) is 0 Å². The van der Waals surface area contributed by atoms with Crippen LogP contribution in [0.4, 0.5) is 0 Å². The summed E-state index contributed by atoms with van der Waals surface area (Å²) in [5.41, 5.74) is 0.875. The standard InChI is InChI=1S/C14H15NO3/c1-14(2,8-12(17)18)10-5-6-11(16)13-9(10)4-3-7-15-13/h3-7,16H,8H2,1-2H3,(H,17,18). The number of hydrogen-bond donors (Lipinski definition) is 2. The van der Waals surface area contributed by atoms with Gasteiger partial charge in [-0.15, -0.1) is 0 Å². The molecule has 2 rings (SSSR count). The molecule has 2 N–H and O–H groups in total. The molecule has 0 unspecified atom stereocenters. The van der Waals surface area contributed by atoms with Crippen LogP contribution in [0.25, 0.3) is 10.9 Å². The van der Waals surface area contributed by atoms with Crippen molar-refractivity contribution < 1.29 is 15.0 Å². The number of aromatic hydroxyl groups is 1. The molecular formula is C14H15NO3. The van der Waals surface area contributed by atoms with Gasteiger partial charge in [-0.2, -0.15) is 0 Å². The number of benzene rings is 1. The molecule has 1 heterocycles. The van der Waals surface area contributed by atoms with Gasteiger partial charge < -0.3 is 10.2 Å². The number of pyridine rings is 1. The van der Waals surface area contributed by atoms with Gasteiger partial charge in [-0.1, -0.05) is 26.0 Å². The number of nitrogens with zero attached hydrogens (tertiary/aromatic N) is 1. The molecule has 0 aliphatic heterocycles. The molecule has 4 nitrogen and oxygen atoms in total. The minimum atomic E-state index is -0.842. The number of phenols is 1. The first-order valence-electron chi connectivity index (χ1n) is 5.71. The predicted molar refractivity (Wildman–Crippen MR) is 68.7 cm³/mol. The van der Waals surface area contributed by atoms with Crippen LogP contribution in [0.2, 0.25) is 0 Å². The summed E-state index contributed by atoms with van der Waals surface area (Å²) in [7, 11) is 0. The molecule has 0 aliphatic rings. The number of carbonyl (C=O) groups is 1. The van der Waals surface area contributed by atoms with E-state index in [9.17, 15) is 9.90 Å². The van der Waals surface area contributed by atoms with Crippen LogP contribution in [0.3, 0.4) is 0 Å². The maximum atomic E-state index is 10.9. The lowest BCUT2D eigenvalue weighted by Crippen LogP contribution is -2.22. The highest BCUT2D eigenvalue weighted by molar-refractivity contribution is 5.88. The van der Waals surface area contributed by atoms with Gasteiger partial charge in [0.15, 0.2) is 0 Å². The predicted octanol–water partition coefficient (Wildman–Crippen LogP) is 2.69. The molecule has 4 heteroatoms. The molecule has 1 aromatic carbocycles. The van der Waals surface area contributed by atoms with Crippen molar-refractivity contribution in [3.63, 3.8) is 0 Å². The van der Waals surface area contributed by atoms with Crippen molar-refractivity contribution in [3.8, 4) is 5.75 Å². The van der Waals surface area contributed by atoms with Crippen molar-refractivity contribution >= 4 is 16.9 Å². The lowest BCUT2D eigenvalue weighted by Gasteiger charge is -2.24. The first-order chi connectivity index (χ1) is 8.42. The summed E-state index contributed by atoms with van der Waals surface area (Å²) in [6, 6.07) is 6.96. The van der Waals surface area contributed by atoms with Crippen LogP contribution >= 0.6 is 0 Å². The Labute approximate surface area is 105 Å². The van der Waals surface area contributed by atoms with Crippen molar-refractivity contribution in [2.45, 2.75) is 25.7 Å². The second kappa shape index (κ2) is 4.29. The lowest BCUT2D eigenvalue weighted by atomic mass is 9.79. The Hall–Kier alpha value is -2.10. The summed E-state index contributed by atoms with van der Waals surface area (Å²) in [5.74, 6) is -0.731. The Kier molecular flexibility index (Phi) is 2.95. The number of phenolic OH excluding ortho intramolecular Hbond substituents is 1. The van der Waals surface area contributed by atoms with Crippen LogP contribution in [0.1, 0.15) is 25.8 Å². The van der Waals surface area contributed by atoms with Crippen molar-refractivity contribution in [3.05, 3.63) is 36.0 Å². The molecule has 0 fully saturated rings. The molecule has 0 amide bonds.